The van der Waals surface area contributed by atoms with E-state index in [9.17, 15) is 13.2 Å². The van der Waals surface area contributed by atoms with Gasteiger partial charge in [-0.05, 0) is 72.6 Å². The third-order valence-electron chi connectivity index (χ3n) is 5.42. The van der Waals surface area contributed by atoms with Gasteiger partial charge in [0.05, 0.1) is 0 Å². The van der Waals surface area contributed by atoms with E-state index in [0.29, 0.717) is 17.6 Å². The summed E-state index contributed by atoms with van der Waals surface area (Å²) in [6.07, 6.45) is -0.746. The minimum Gasteiger partial charge on any atom is -0.403 e. The maximum Gasteiger partial charge on any atom is 0.405 e. The van der Waals surface area contributed by atoms with Gasteiger partial charge in [-0.25, -0.2) is 0 Å². The Morgan fingerprint density at radius 1 is 1.06 bits per heavy atom. The summed E-state index contributed by atoms with van der Waals surface area (Å²) in [6.45, 7) is 9.19. The number of hydrogen-bond acceptors (Lipinski definition) is 5. The summed E-state index contributed by atoms with van der Waals surface area (Å²) in [5.41, 5.74) is 6.32. The lowest BCUT2D eigenvalue weighted by atomic mass is 9.78. The number of benzene rings is 1. The van der Waals surface area contributed by atoms with Crippen molar-refractivity contribution >= 4 is 22.8 Å². The Bertz CT molecular complexity index is 1030. The lowest BCUT2D eigenvalue weighted by Crippen LogP contribution is -2.22. The first kappa shape index (κ1) is 22.9. The molecule has 1 aliphatic rings. The van der Waals surface area contributed by atoms with Crippen LogP contribution >= 0.6 is 0 Å². The van der Waals surface area contributed by atoms with Gasteiger partial charge in [0.15, 0.2) is 0 Å². The zero-order valence-electron chi connectivity index (χ0n) is 18.8. The number of rotatable bonds is 4. The third kappa shape index (κ3) is 5.29. The number of aromatic nitrogens is 2. The molecule has 0 atom stereocenters. The van der Waals surface area contributed by atoms with Crippen LogP contribution in [0.3, 0.4) is 0 Å². The highest BCUT2D eigenvalue weighted by Gasteiger charge is 2.28. The van der Waals surface area contributed by atoms with Crippen molar-refractivity contribution in [2.75, 3.05) is 24.2 Å². The van der Waals surface area contributed by atoms with Gasteiger partial charge in [0.25, 0.3) is 0 Å². The minimum absolute atomic E-state index is 0.214. The molecule has 0 unspecified atom stereocenters. The summed E-state index contributed by atoms with van der Waals surface area (Å²) >= 11 is 0. The van der Waals surface area contributed by atoms with E-state index in [0.717, 1.165) is 40.7 Å². The standard InChI is InChI=1S/C23H29F3N4O/c1-13-7-8-16-17(14(2)9-18(13)20-29-30-21(27-6)31-20)10-15(28-12-23(24,25)26)11-19(16)22(3,4)5/h9-11,28H,7-8,12H2,1-6H3,(H,27,30). The van der Waals surface area contributed by atoms with E-state index in [4.69, 9.17) is 4.42 Å². The number of anilines is 2. The summed E-state index contributed by atoms with van der Waals surface area (Å²) in [6, 6.07) is 4.00. The van der Waals surface area contributed by atoms with Gasteiger partial charge in [0.1, 0.15) is 6.54 Å². The van der Waals surface area contributed by atoms with E-state index >= 15 is 0 Å². The smallest absolute Gasteiger partial charge is 0.403 e. The summed E-state index contributed by atoms with van der Waals surface area (Å²) < 4.78 is 44.1. The molecule has 0 radical (unpaired) electrons. The average molecular weight is 435 g/mol. The van der Waals surface area contributed by atoms with Crippen molar-refractivity contribution in [2.45, 2.75) is 59.1 Å². The van der Waals surface area contributed by atoms with E-state index in [1.54, 1.807) is 7.05 Å². The molecule has 0 spiro atoms. The number of allylic oxidation sites excluding steroid dienone is 4. The highest BCUT2D eigenvalue weighted by Crippen LogP contribution is 2.39. The van der Waals surface area contributed by atoms with Crippen molar-refractivity contribution in [3.63, 3.8) is 0 Å². The first-order valence-corrected chi connectivity index (χ1v) is 10.3. The van der Waals surface area contributed by atoms with Crippen molar-refractivity contribution in [1.82, 2.24) is 10.2 Å². The van der Waals surface area contributed by atoms with Gasteiger partial charge in [-0.3, -0.25) is 0 Å². The molecule has 0 fully saturated rings. The van der Waals surface area contributed by atoms with Crippen LogP contribution in [0.25, 0.3) is 11.1 Å². The lowest BCUT2D eigenvalue weighted by molar-refractivity contribution is -0.115. The maximum absolute atomic E-state index is 12.8. The Balaban J connectivity index is 2.12. The van der Waals surface area contributed by atoms with Crippen LogP contribution in [0.15, 0.2) is 28.2 Å². The van der Waals surface area contributed by atoms with Crippen LogP contribution in [0.2, 0.25) is 0 Å². The molecular formula is C23H29F3N4O. The number of halogens is 3. The van der Waals surface area contributed by atoms with Gasteiger partial charge < -0.3 is 15.1 Å². The van der Waals surface area contributed by atoms with Gasteiger partial charge >= 0.3 is 12.2 Å². The van der Waals surface area contributed by atoms with Gasteiger partial charge in [-0.15, -0.1) is 5.10 Å². The van der Waals surface area contributed by atoms with Crippen LogP contribution in [-0.4, -0.2) is 30.0 Å². The number of nitrogens with zero attached hydrogens (tertiary/aromatic N) is 2. The predicted molar refractivity (Wildman–Crippen MR) is 118 cm³/mol. The molecule has 1 heterocycles. The molecule has 2 aromatic rings. The summed E-state index contributed by atoms with van der Waals surface area (Å²) in [5.74, 6) is 0.423. The predicted octanol–water partition coefficient (Wildman–Crippen LogP) is 6.21. The normalized spacial score (nSPS) is 15.2. The Morgan fingerprint density at radius 3 is 2.35 bits per heavy atom. The molecule has 31 heavy (non-hydrogen) atoms. The van der Waals surface area contributed by atoms with Crippen LogP contribution in [0.4, 0.5) is 24.9 Å². The first-order chi connectivity index (χ1) is 14.4. The van der Waals surface area contributed by atoms with Crippen LogP contribution < -0.4 is 10.6 Å². The Morgan fingerprint density at radius 2 is 1.77 bits per heavy atom. The molecule has 0 saturated carbocycles. The maximum atomic E-state index is 12.8. The minimum atomic E-state index is -4.28. The van der Waals surface area contributed by atoms with E-state index in [1.807, 2.05) is 32.1 Å². The summed E-state index contributed by atoms with van der Waals surface area (Å²) in [7, 11) is 1.71. The quantitative estimate of drug-likeness (QED) is 0.599. The van der Waals surface area contributed by atoms with E-state index < -0.39 is 12.7 Å². The zero-order valence-corrected chi connectivity index (χ0v) is 18.8. The van der Waals surface area contributed by atoms with Crippen LogP contribution in [0, 0.1) is 0 Å². The van der Waals surface area contributed by atoms with Crippen LogP contribution in [0.5, 0.6) is 0 Å². The number of alkyl halides is 3. The molecule has 0 saturated heterocycles. The molecule has 3 rings (SSSR count). The van der Waals surface area contributed by atoms with Crippen LogP contribution in [0.1, 0.15) is 63.6 Å². The number of hydrogen-bond donors (Lipinski definition) is 2. The average Bonchev–Trinajstić information content (AvgIpc) is 3.14. The van der Waals surface area contributed by atoms with Crippen molar-refractivity contribution in [1.29, 1.82) is 0 Å². The van der Waals surface area contributed by atoms with E-state index in [-0.39, 0.29) is 5.41 Å². The second-order valence-electron chi connectivity index (χ2n) is 8.95. The van der Waals surface area contributed by atoms with E-state index in [2.05, 4.69) is 41.6 Å². The molecule has 0 amide bonds. The fourth-order valence-corrected chi connectivity index (χ4v) is 3.81. The monoisotopic (exact) mass is 434 g/mol. The third-order valence-corrected chi connectivity index (χ3v) is 5.42. The molecular weight excluding hydrogens is 405 g/mol. The Kier molecular flexibility index (Phi) is 6.21. The molecule has 2 N–H and O–H groups in total. The molecule has 1 aliphatic carbocycles. The van der Waals surface area contributed by atoms with Gasteiger partial charge in [0, 0.05) is 18.3 Å². The van der Waals surface area contributed by atoms with Crippen molar-refractivity contribution in [3.8, 4) is 0 Å². The van der Waals surface area contributed by atoms with Crippen molar-refractivity contribution < 1.29 is 17.6 Å². The Hall–Kier alpha value is -2.77. The van der Waals surface area contributed by atoms with Gasteiger partial charge in [0.2, 0.25) is 5.89 Å². The summed E-state index contributed by atoms with van der Waals surface area (Å²) in [5, 5.41) is 13.5. The molecule has 1 aromatic heterocycles. The summed E-state index contributed by atoms with van der Waals surface area (Å²) in [4.78, 5) is 0. The molecule has 1 aromatic carbocycles. The first-order valence-electron chi connectivity index (χ1n) is 10.3. The van der Waals surface area contributed by atoms with Crippen molar-refractivity contribution in [2.24, 2.45) is 0 Å². The largest absolute Gasteiger partial charge is 0.405 e. The molecule has 8 heteroatoms. The van der Waals surface area contributed by atoms with Crippen LogP contribution in [-0.2, 0) is 11.8 Å². The second kappa shape index (κ2) is 8.40. The number of fused-ring (bicyclic) bond motifs is 1. The lowest BCUT2D eigenvalue weighted by Gasteiger charge is -2.28. The second-order valence-corrected chi connectivity index (χ2v) is 8.95. The fraction of sp³-hybridized carbons (Fsp3) is 0.478. The molecule has 5 nitrogen and oxygen atoms in total. The Labute approximate surface area is 180 Å². The number of nitrogens with one attached hydrogen (secondary N) is 2. The van der Waals surface area contributed by atoms with Gasteiger partial charge in [-0.1, -0.05) is 31.4 Å². The SMILES string of the molecule is CNc1nnc(C2=C(C)CCc3c(cc(NCC(F)(F)F)cc3C(C)(C)C)C(C)=C2)o1. The fourth-order valence-electron chi connectivity index (χ4n) is 3.81. The molecule has 0 aliphatic heterocycles. The zero-order chi connectivity index (χ0) is 23.0. The molecule has 0 bridgehead atoms. The topological polar surface area (TPSA) is 63.0 Å². The highest BCUT2D eigenvalue weighted by molar-refractivity contribution is 5.85. The molecule has 168 valence electrons. The van der Waals surface area contributed by atoms with Crippen molar-refractivity contribution in [3.05, 3.63) is 46.4 Å². The van der Waals surface area contributed by atoms with E-state index in [1.165, 1.54) is 5.56 Å². The van der Waals surface area contributed by atoms with Gasteiger partial charge in [-0.2, -0.15) is 13.2 Å². The highest BCUT2D eigenvalue weighted by atomic mass is 19.4.